The average molecular weight is 733 g/mol. The number of hydrogen-bond acceptors (Lipinski definition) is 5. The van der Waals surface area contributed by atoms with Crippen LogP contribution in [0.5, 0.6) is 0 Å². The molecule has 0 aromatic heterocycles. The lowest BCUT2D eigenvalue weighted by Gasteiger charge is -2.19. The molecule has 1 saturated heterocycles. The fourth-order valence-corrected chi connectivity index (χ4v) is 6.95. The zero-order chi connectivity index (χ0) is 37.3. The highest BCUT2D eigenvalue weighted by Gasteiger charge is 2.14. The van der Waals surface area contributed by atoms with E-state index in [2.05, 4.69) is 48.4 Å². The summed E-state index contributed by atoms with van der Waals surface area (Å²) in [7, 11) is 0. The second-order valence-corrected chi connectivity index (χ2v) is 15.5. The van der Waals surface area contributed by atoms with Crippen molar-refractivity contribution in [3.63, 3.8) is 0 Å². The molecular formula is C46H88N2O4. The highest BCUT2D eigenvalue weighted by molar-refractivity contribution is 5.67. The topological polar surface area (TPSA) is 60.0 Å². The maximum absolute atomic E-state index is 12.3. The van der Waals surface area contributed by atoms with E-state index < -0.39 is 0 Å². The van der Waals surface area contributed by atoms with Crippen molar-refractivity contribution in [3.05, 3.63) is 24.3 Å². The minimum absolute atomic E-state index is 0.136. The molecule has 52 heavy (non-hydrogen) atoms. The van der Waals surface area contributed by atoms with Crippen molar-refractivity contribution in [2.75, 3.05) is 52.6 Å². The van der Waals surface area contributed by atoms with Gasteiger partial charge in [0.15, 0.2) is 0 Å². The third kappa shape index (κ3) is 35.6. The van der Waals surface area contributed by atoms with Crippen LogP contribution in [-0.2, 0) is 14.2 Å². The van der Waals surface area contributed by atoms with Crippen LogP contribution in [-0.4, -0.2) is 69.7 Å². The van der Waals surface area contributed by atoms with Crippen LogP contribution in [0.1, 0.15) is 206 Å². The van der Waals surface area contributed by atoms with Gasteiger partial charge in [-0.25, -0.2) is 4.79 Å². The number of likely N-dealkylation sites (tertiary alicyclic amines) is 1. The second kappa shape index (κ2) is 40.8. The Morgan fingerprint density at radius 3 is 1.46 bits per heavy atom. The molecule has 0 bridgehead atoms. The Hall–Kier alpha value is -1.37. The lowest BCUT2D eigenvalue weighted by molar-refractivity contribution is -0.0175. The van der Waals surface area contributed by atoms with Crippen LogP contribution in [0.25, 0.3) is 0 Å². The summed E-state index contributed by atoms with van der Waals surface area (Å²) in [6.45, 7) is 10.5. The Morgan fingerprint density at radius 2 is 0.981 bits per heavy atom. The van der Waals surface area contributed by atoms with Gasteiger partial charge in [-0.15, -0.1) is 0 Å². The van der Waals surface area contributed by atoms with Crippen molar-refractivity contribution < 1.29 is 19.0 Å². The van der Waals surface area contributed by atoms with Gasteiger partial charge in [-0.05, 0) is 90.1 Å². The van der Waals surface area contributed by atoms with Gasteiger partial charge in [0.25, 0.3) is 0 Å². The smallest absolute Gasteiger partial charge is 0.407 e. The number of rotatable bonds is 40. The molecule has 0 aliphatic carbocycles. The minimum Gasteiger partial charge on any atom is -0.448 e. The monoisotopic (exact) mass is 733 g/mol. The standard InChI is InChI=1S/C46H88N2O4/c1-3-5-7-9-11-13-15-17-19-21-23-25-27-29-31-35-40-50-44-45(43-47-46(49)52-42-39-48-37-33-34-38-48)51-41-36-32-30-28-26-24-22-20-18-16-14-12-10-8-6-4-2/h17-20,45H,3-16,21-44H2,1-2H3,(H,47,49)/b19-17-,20-18-. The Labute approximate surface area is 324 Å². The third-order valence-electron chi connectivity index (χ3n) is 10.4. The molecule has 0 aromatic rings. The Bertz CT molecular complexity index is 782. The Balaban J connectivity index is 2.10. The van der Waals surface area contributed by atoms with Crippen LogP contribution in [0.2, 0.25) is 0 Å². The van der Waals surface area contributed by atoms with E-state index in [1.54, 1.807) is 0 Å². The first kappa shape index (κ1) is 48.6. The molecule has 1 atom stereocenters. The fraction of sp³-hybridized carbons (Fsp3) is 0.891. The number of carbonyl (C=O) groups excluding carboxylic acids is 1. The predicted molar refractivity (Wildman–Crippen MR) is 224 cm³/mol. The van der Waals surface area contributed by atoms with Crippen LogP contribution in [0.15, 0.2) is 24.3 Å². The average Bonchev–Trinajstić information content (AvgIpc) is 3.68. The van der Waals surface area contributed by atoms with Crippen molar-refractivity contribution in [2.24, 2.45) is 0 Å². The van der Waals surface area contributed by atoms with Gasteiger partial charge in [-0.1, -0.05) is 154 Å². The van der Waals surface area contributed by atoms with Gasteiger partial charge in [0.2, 0.25) is 0 Å². The molecule has 1 heterocycles. The summed E-state index contributed by atoms with van der Waals surface area (Å²) in [5.74, 6) is 0. The highest BCUT2D eigenvalue weighted by Crippen LogP contribution is 2.12. The minimum atomic E-state index is -0.349. The van der Waals surface area contributed by atoms with Gasteiger partial charge < -0.3 is 19.5 Å². The van der Waals surface area contributed by atoms with Crippen molar-refractivity contribution in [3.8, 4) is 0 Å². The normalized spacial score (nSPS) is 14.3. The summed E-state index contributed by atoms with van der Waals surface area (Å²) >= 11 is 0. The molecular weight excluding hydrogens is 645 g/mol. The van der Waals surface area contributed by atoms with E-state index in [0.29, 0.717) is 19.8 Å². The van der Waals surface area contributed by atoms with Crippen LogP contribution in [0, 0.1) is 0 Å². The molecule has 6 heteroatoms. The molecule has 0 aromatic carbocycles. The van der Waals surface area contributed by atoms with Crippen molar-refractivity contribution in [1.29, 1.82) is 0 Å². The number of allylic oxidation sites excluding steroid dienone is 4. The number of hydrogen-bond donors (Lipinski definition) is 1. The van der Waals surface area contributed by atoms with Gasteiger partial charge in [0.05, 0.1) is 12.7 Å². The molecule has 1 aliphatic rings. The zero-order valence-electron chi connectivity index (χ0n) is 34.8. The fourth-order valence-electron chi connectivity index (χ4n) is 6.95. The number of nitrogens with zero attached hydrogens (tertiary/aromatic N) is 1. The van der Waals surface area contributed by atoms with Crippen molar-refractivity contribution in [1.82, 2.24) is 10.2 Å². The van der Waals surface area contributed by atoms with E-state index in [0.717, 1.165) is 45.7 Å². The number of alkyl carbamates (subject to hydrolysis) is 1. The van der Waals surface area contributed by atoms with E-state index >= 15 is 0 Å². The quantitative estimate of drug-likeness (QED) is 0.0502. The van der Waals surface area contributed by atoms with Gasteiger partial charge in [0, 0.05) is 26.3 Å². The molecule has 1 unspecified atom stereocenters. The number of unbranched alkanes of at least 4 members (excludes halogenated alkanes) is 24. The van der Waals surface area contributed by atoms with Crippen molar-refractivity contribution in [2.45, 2.75) is 213 Å². The van der Waals surface area contributed by atoms with E-state index in [4.69, 9.17) is 14.2 Å². The Morgan fingerprint density at radius 1 is 0.558 bits per heavy atom. The largest absolute Gasteiger partial charge is 0.448 e. The molecule has 0 saturated carbocycles. The molecule has 0 spiro atoms. The first-order valence-electron chi connectivity index (χ1n) is 22.9. The third-order valence-corrected chi connectivity index (χ3v) is 10.4. The number of carbonyl (C=O) groups is 1. The molecule has 1 aliphatic heterocycles. The summed E-state index contributed by atoms with van der Waals surface area (Å²) in [6, 6.07) is 0. The molecule has 0 radical (unpaired) electrons. The van der Waals surface area contributed by atoms with Gasteiger partial charge in [-0.2, -0.15) is 0 Å². The van der Waals surface area contributed by atoms with Gasteiger partial charge >= 0.3 is 6.09 Å². The summed E-state index contributed by atoms with van der Waals surface area (Å²) in [6.07, 6.45) is 48.2. The first-order chi connectivity index (χ1) is 25.8. The highest BCUT2D eigenvalue weighted by atomic mass is 16.6. The Kier molecular flexibility index (Phi) is 38.2. The lowest BCUT2D eigenvalue weighted by atomic mass is 10.1. The maximum atomic E-state index is 12.3. The van der Waals surface area contributed by atoms with Crippen LogP contribution in [0.3, 0.4) is 0 Å². The predicted octanol–water partition coefficient (Wildman–Crippen LogP) is 13.3. The number of ether oxygens (including phenoxy) is 3. The molecule has 1 N–H and O–H groups in total. The van der Waals surface area contributed by atoms with Crippen molar-refractivity contribution >= 4 is 6.09 Å². The summed E-state index contributed by atoms with van der Waals surface area (Å²) in [5, 5.41) is 2.93. The van der Waals surface area contributed by atoms with Crippen LogP contribution >= 0.6 is 0 Å². The van der Waals surface area contributed by atoms with E-state index in [9.17, 15) is 4.79 Å². The number of amides is 1. The summed E-state index contributed by atoms with van der Waals surface area (Å²) in [5.41, 5.74) is 0. The van der Waals surface area contributed by atoms with Crippen LogP contribution < -0.4 is 5.32 Å². The number of nitrogens with one attached hydrogen (secondary N) is 1. The SMILES string of the molecule is CCCCCCCC/C=C\CCCCCCCCOCC(CNC(=O)OCCN1CCCC1)OCCCCCCCC/C=C\CCCCCCCC. The second-order valence-electron chi connectivity index (χ2n) is 15.5. The van der Waals surface area contributed by atoms with Crippen LogP contribution in [0.4, 0.5) is 4.79 Å². The molecule has 1 fully saturated rings. The van der Waals surface area contributed by atoms with Gasteiger partial charge in [0.1, 0.15) is 6.61 Å². The van der Waals surface area contributed by atoms with E-state index in [1.165, 1.54) is 180 Å². The first-order valence-corrected chi connectivity index (χ1v) is 22.9. The lowest BCUT2D eigenvalue weighted by Crippen LogP contribution is -2.38. The summed E-state index contributed by atoms with van der Waals surface area (Å²) < 4.78 is 17.7. The zero-order valence-corrected chi connectivity index (χ0v) is 34.8. The molecule has 1 amide bonds. The maximum Gasteiger partial charge on any atom is 0.407 e. The van der Waals surface area contributed by atoms with E-state index in [1.807, 2.05) is 0 Å². The van der Waals surface area contributed by atoms with E-state index in [-0.39, 0.29) is 12.2 Å². The van der Waals surface area contributed by atoms with Gasteiger partial charge in [-0.3, -0.25) is 4.90 Å². The molecule has 306 valence electrons. The molecule has 6 nitrogen and oxygen atoms in total. The summed E-state index contributed by atoms with van der Waals surface area (Å²) in [4.78, 5) is 14.7. The molecule has 1 rings (SSSR count).